The molecule has 4 nitrogen and oxygen atoms in total. The molecule has 0 bridgehead atoms. The van der Waals surface area contributed by atoms with Crippen molar-refractivity contribution in [2.24, 2.45) is 0 Å². The lowest BCUT2D eigenvalue weighted by atomic mass is 10.0. The molecule has 1 aromatic carbocycles. The molecule has 1 aliphatic rings. The smallest absolute Gasteiger partial charge is 0.144 e. The standard InChI is InChI=1S/C14H22N2O2/c1-2-18-13-8-5-7-12(14(13)15)16-9-4-3-6-11(16)10-17/h5,7-8,11,17H,2-4,6,9-10,15H2,1H3. The Morgan fingerprint density at radius 3 is 3.00 bits per heavy atom. The largest absolute Gasteiger partial charge is 0.492 e. The lowest BCUT2D eigenvalue weighted by molar-refractivity contribution is 0.240. The van der Waals surface area contributed by atoms with E-state index in [0.717, 1.165) is 30.8 Å². The summed E-state index contributed by atoms with van der Waals surface area (Å²) in [5, 5.41) is 9.47. The summed E-state index contributed by atoms with van der Waals surface area (Å²) in [6, 6.07) is 6.03. The fraction of sp³-hybridized carbons (Fsp3) is 0.571. The van der Waals surface area contributed by atoms with Gasteiger partial charge in [0.2, 0.25) is 0 Å². The Morgan fingerprint density at radius 2 is 2.28 bits per heavy atom. The third-order valence-corrected chi connectivity index (χ3v) is 3.49. The molecule has 1 unspecified atom stereocenters. The molecule has 1 fully saturated rings. The van der Waals surface area contributed by atoms with E-state index in [4.69, 9.17) is 10.5 Å². The molecule has 0 aliphatic carbocycles. The molecule has 1 atom stereocenters. The number of benzene rings is 1. The van der Waals surface area contributed by atoms with Gasteiger partial charge in [-0.1, -0.05) is 6.07 Å². The molecule has 0 radical (unpaired) electrons. The highest BCUT2D eigenvalue weighted by atomic mass is 16.5. The zero-order chi connectivity index (χ0) is 13.0. The summed E-state index contributed by atoms with van der Waals surface area (Å²) in [6.07, 6.45) is 3.34. The molecule has 4 heteroatoms. The van der Waals surface area contributed by atoms with Crippen molar-refractivity contribution in [2.75, 3.05) is 30.4 Å². The second kappa shape index (κ2) is 5.96. The van der Waals surface area contributed by atoms with Crippen LogP contribution >= 0.6 is 0 Å². The SMILES string of the molecule is CCOc1cccc(N2CCCCC2CO)c1N. The summed E-state index contributed by atoms with van der Waals surface area (Å²) < 4.78 is 5.52. The van der Waals surface area contributed by atoms with Gasteiger partial charge in [0.1, 0.15) is 5.75 Å². The fourth-order valence-corrected chi connectivity index (χ4v) is 2.57. The van der Waals surface area contributed by atoms with Gasteiger partial charge < -0.3 is 20.5 Å². The number of para-hydroxylation sites is 1. The van der Waals surface area contributed by atoms with Crippen LogP contribution in [0.4, 0.5) is 11.4 Å². The summed E-state index contributed by atoms with van der Waals surface area (Å²) >= 11 is 0. The van der Waals surface area contributed by atoms with Crippen molar-refractivity contribution in [1.82, 2.24) is 0 Å². The van der Waals surface area contributed by atoms with Crippen LogP contribution in [-0.2, 0) is 0 Å². The molecular formula is C14H22N2O2. The molecule has 3 N–H and O–H groups in total. The molecule has 0 amide bonds. The first-order chi connectivity index (χ1) is 8.77. The predicted molar refractivity (Wildman–Crippen MR) is 74.1 cm³/mol. The maximum absolute atomic E-state index is 9.47. The van der Waals surface area contributed by atoms with Crippen molar-refractivity contribution < 1.29 is 9.84 Å². The Hall–Kier alpha value is -1.42. The molecule has 0 spiro atoms. The number of anilines is 2. The van der Waals surface area contributed by atoms with Crippen LogP contribution in [0.15, 0.2) is 18.2 Å². The fourth-order valence-electron chi connectivity index (χ4n) is 2.57. The molecule has 18 heavy (non-hydrogen) atoms. The van der Waals surface area contributed by atoms with Crippen molar-refractivity contribution in [1.29, 1.82) is 0 Å². The molecule has 1 saturated heterocycles. The summed E-state index contributed by atoms with van der Waals surface area (Å²) in [4.78, 5) is 2.21. The van der Waals surface area contributed by atoms with E-state index in [2.05, 4.69) is 4.90 Å². The zero-order valence-electron chi connectivity index (χ0n) is 10.9. The lowest BCUT2D eigenvalue weighted by Gasteiger charge is -2.37. The van der Waals surface area contributed by atoms with E-state index in [0.29, 0.717) is 12.3 Å². The van der Waals surface area contributed by atoms with Gasteiger partial charge in [0.25, 0.3) is 0 Å². The first-order valence-electron chi connectivity index (χ1n) is 6.66. The van der Waals surface area contributed by atoms with E-state index >= 15 is 0 Å². The van der Waals surface area contributed by atoms with Gasteiger partial charge in [-0.15, -0.1) is 0 Å². The van der Waals surface area contributed by atoms with Gasteiger partial charge in [-0.25, -0.2) is 0 Å². The number of aliphatic hydroxyl groups is 1. The number of nitrogens with two attached hydrogens (primary N) is 1. The minimum Gasteiger partial charge on any atom is -0.492 e. The molecular weight excluding hydrogens is 228 g/mol. The molecule has 1 aliphatic heterocycles. The van der Waals surface area contributed by atoms with Gasteiger partial charge in [0.05, 0.1) is 30.6 Å². The Kier molecular flexibility index (Phi) is 4.31. The van der Waals surface area contributed by atoms with Gasteiger partial charge in [0, 0.05) is 6.54 Å². The Bertz CT molecular complexity index is 395. The molecule has 100 valence electrons. The minimum atomic E-state index is 0.179. The van der Waals surface area contributed by atoms with Gasteiger partial charge >= 0.3 is 0 Å². The van der Waals surface area contributed by atoms with Crippen LogP contribution < -0.4 is 15.4 Å². The van der Waals surface area contributed by atoms with Crippen LogP contribution in [0.3, 0.4) is 0 Å². The van der Waals surface area contributed by atoms with Crippen molar-refractivity contribution >= 4 is 11.4 Å². The second-order valence-corrected chi connectivity index (χ2v) is 4.65. The monoisotopic (exact) mass is 250 g/mol. The third kappa shape index (κ3) is 2.53. The number of aliphatic hydroxyl groups excluding tert-OH is 1. The maximum atomic E-state index is 9.47. The van der Waals surface area contributed by atoms with Crippen LogP contribution in [0.5, 0.6) is 5.75 Å². The number of hydrogen-bond donors (Lipinski definition) is 2. The highest BCUT2D eigenvalue weighted by Gasteiger charge is 2.24. The predicted octanol–water partition coefficient (Wildman–Crippen LogP) is 2.02. The number of hydrogen-bond acceptors (Lipinski definition) is 4. The zero-order valence-corrected chi connectivity index (χ0v) is 10.9. The topological polar surface area (TPSA) is 58.7 Å². The highest BCUT2D eigenvalue weighted by molar-refractivity contribution is 5.74. The Balaban J connectivity index is 2.28. The number of rotatable bonds is 4. The van der Waals surface area contributed by atoms with Gasteiger partial charge in [-0.05, 0) is 38.3 Å². The van der Waals surface area contributed by atoms with E-state index in [1.807, 2.05) is 25.1 Å². The molecule has 2 rings (SSSR count). The van der Waals surface area contributed by atoms with E-state index in [-0.39, 0.29) is 12.6 Å². The van der Waals surface area contributed by atoms with Crippen molar-refractivity contribution in [3.63, 3.8) is 0 Å². The van der Waals surface area contributed by atoms with Crippen LogP contribution in [0.2, 0.25) is 0 Å². The van der Waals surface area contributed by atoms with E-state index in [1.54, 1.807) is 0 Å². The Labute approximate surface area is 108 Å². The Morgan fingerprint density at radius 1 is 1.44 bits per heavy atom. The third-order valence-electron chi connectivity index (χ3n) is 3.49. The van der Waals surface area contributed by atoms with Crippen LogP contribution in [0.1, 0.15) is 26.2 Å². The quantitative estimate of drug-likeness (QED) is 0.803. The van der Waals surface area contributed by atoms with Gasteiger partial charge in [-0.3, -0.25) is 0 Å². The van der Waals surface area contributed by atoms with Crippen LogP contribution in [0, 0.1) is 0 Å². The highest BCUT2D eigenvalue weighted by Crippen LogP contribution is 2.35. The number of piperidine rings is 1. The van der Waals surface area contributed by atoms with Crippen LogP contribution in [-0.4, -0.2) is 30.9 Å². The second-order valence-electron chi connectivity index (χ2n) is 4.65. The number of nitrogen functional groups attached to an aromatic ring is 1. The van der Waals surface area contributed by atoms with Crippen molar-refractivity contribution in [2.45, 2.75) is 32.2 Å². The van der Waals surface area contributed by atoms with Crippen molar-refractivity contribution in [3.05, 3.63) is 18.2 Å². The summed E-state index contributed by atoms with van der Waals surface area (Å²) in [5.41, 5.74) is 7.83. The normalized spacial score (nSPS) is 19.9. The average Bonchev–Trinajstić information content (AvgIpc) is 2.41. The van der Waals surface area contributed by atoms with Gasteiger partial charge in [-0.2, -0.15) is 0 Å². The average molecular weight is 250 g/mol. The number of ether oxygens (including phenoxy) is 1. The maximum Gasteiger partial charge on any atom is 0.144 e. The lowest BCUT2D eigenvalue weighted by Crippen LogP contribution is -2.42. The molecule has 0 aromatic heterocycles. The number of nitrogens with zero attached hydrogens (tertiary/aromatic N) is 1. The van der Waals surface area contributed by atoms with E-state index < -0.39 is 0 Å². The summed E-state index contributed by atoms with van der Waals surface area (Å²) in [6.45, 7) is 3.68. The first kappa shape index (κ1) is 13.0. The minimum absolute atomic E-state index is 0.179. The first-order valence-corrected chi connectivity index (χ1v) is 6.66. The van der Waals surface area contributed by atoms with Crippen LogP contribution in [0.25, 0.3) is 0 Å². The molecule has 0 saturated carbocycles. The summed E-state index contributed by atoms with van der Waals surface area (Å²) in [7, 11) is 0. The molecule has 1 aromatic rings. The van der Waals surface area contributed by atoms with E-state index in [1.165, 1.54) is 6.42 Å². The van der Waals surface area contributed by atoms with Crippen molar-refractivity contribution in [3.8, 4) is 5.75 Å². The van der Waals surface area contributed by atoms with Gasteiger partial charge in [0.15, 0.2) is 0 Å². The molecule has 1 heterocycles. The summed E-state index contributed by atoms with van der Waals surface area (Å²) in [5.74, 6) is 0.734. The van der Waals surface area contributed by atoms with E-state index in [9.17, 15) is 5.11 Å².